The molecule has 0 spiro atoms. The van der Waals surface area contributed by atoms with Gasteiger partial charge < -0.3 is 10.2 Å². The van der Waals surface area contributed by atoms with Crippen LogP contribution in [0.25, 0.3) is 0 Å². The van der Waals surface area contributed by atoms with Gasteiger partial charge in [-0.3, -0.25) is 4.68 Å². The number of rotatable bonds is 4. The number of nitrogens with one attached hydrogen (secondary N) is 1. The van der Waals surface area contributed by atoms with Crippen LogP contribution in [-0.2, 0) is 13.5 Å². The summed E-state index contributed by atoms with van der Waals surface area (Å²) in [5.41, 5.74) is 2.25. The fraction of sp³-hybridized carbons (Fsp3) is 0.562. The number of hydrogen-bond acceptors (Lipinski definition) is 4. The van der Waals surface area contributed by atoms with Gasteiger partial charge in [0.1, 0.15) is 5.01 Å². The van der Waals surface area contributed by atoms with Crippen LogP contribution >= 0.6 is 11.3 Å². The summed E-state index contributed by atoms with van der Waals surface area (Å²) in [5.74, 6) is 0.516. The lowest BCUT2D eigenvalue weighted by Crippen LogP contribution is -2.39. The van der Waals surface area contributed by atoms with Crippen LogP contribution in [0.5, 0.6) is 0 Å². The Morgan fingerprint density at radius 1 is 1.57 bits per heavy atom. The van der Waals surface area contributed by atoms with Crippen LogP contribution in [0.1, 0.15) is 35.7 Å². The highest BCUT2D eigenvalue weighted by Crippen LogP contribution is 2.22. The topological polar surface area (TPSA) is 63.1 Å². The van der Waals surface area contributed by atoms with E-state index in [0.717, 1.165) is 36.6 Å². The van der Waals surface area contributed by atoms with Crippen molar-refractivity contribution in [2.24, 2.45) is 13.0 Å². The van der Waals surface area contributed by atoms with Crippen molar-refractivity contribution in [3.63, 3.8) is 0 Å². The van der Waals surface area contributed by atoms with E-state index in [4.69, 9.17) is 0 Å². The maximum Gasteiger partial charge on any atom is 0.317 e. The zero-order chi connectivity index (χ0) is 16.4. The molecule has 1 aliphatic heterocycles. The Balaban J connectivity index is 1.51. The first-order valence-electron chi connectivity index (χ1n) is 7.96. The lowest BCUT2D eigenvalue weighted by atomic mass is 10.0. The molecule has 0 aromatic carbocycles. The highest BCUT2D eigenvalue weighted by atomic mass is 32.1. The van der Waals surface area contributed by atoms with Gasteiger partial charge in [0.2, 0.25) is 0 Å². The van der Waals surface area contributed by atoms with Crippen LogP contribution < -0.4 is 5.32 Å². The summed E-state index contributed by atoms with van der Waals surface area (Å²) >= 11 is 1.59. The summed E-state index contributed by atoms with van der Waals surface area (Å²) in [4.78, 5) is 18.8. The molecule has 0 unspecified atom stereocenters. The van der Waals surface area contributed by atoms with E-state index in [1.165, 1.54) is 5.56 Å². The standard InChI is InChI=1S/C16H23N5OS/c1-11-10-23-15(18-11)12(2)19-16(22)21-5-4-13(9-21)6-14-7-17-20(3)8-14/h7-8,10,12-13H,4-6,9H2,1-3H3,(H,19,22)/t12-,13-/m1/s1. The molecule has 2 aromatic rings. The van der Waals surface area contributed by atoms with Crippen LogP contribution in [0.2, 0.25) is 0 Å². The summed E-state index contributed by atoms with van der Waals surface area (Å²) < 4.78 is 1.83. The summed E-state index contributed by atoms with van der Waals surface area (Å²) in [5, 5.41) is 10.2. The minimum absolute atomic E-state index is 0.0130. The Kier molecular flexibility index (Phi) is 4.66. The van der Waals surface area contributed by atoms with E-state index >= 15 is 0 Å². The first-order chi connectivity index (χ1) is 11.0. The van der Waals surface area contributed by atoms with Gasteiger partial charge in [-0.15, -0.1) is 11.3 Å². The van der Waals surface area contributed by atoms with Gasteiger partial charge in [0, 0.05) is 37.4 Å². The molecule has 124 valence electrons. The van der Waals surface area contributed by atoms with Crippen LogP contribution in [0.15, 0.2) is 17.8 Å². The van der Waals surface area contributed by atoms with Crippen LogP contribution in [0, 0.1) is 12.8 Å². The van der Waals surface area contributed by atoms with E-state index in [1.54, 1.807) is 11.3 Å². The van der Waals surface area contributed by atoms with Gasteiger partial charge in [-0.1, -0.05) is 0 Å². The second kappa shape index (κ2) is 6.70. The van der Waals surface area contributed by atoms with Gasteiger partial charge >= 0.3 is 6.03 Å². The SMILES string of the molecule is Cc1csc([C@@H](C)NC(=O)N2CC[C@H](Cc3cnn(C)c3)C2)n1. The molecule has 1 saturated heterocycles. The Morgan fingerprint density at radius 3 is 3.04 bits per heavy atom. The smallest absolute Gasteiger partial charge is 0.317 e. The number of amides is 2. The van der Waals surface area contributed by atoms with Crippen LogP contribution in [-0.4, -0.2) is 38.8 Å². The normalized spacial score (nSPS) is 19.1. The fourth-order valence-electron chi connectivity index (χ4n) is 3.00. The molecule has 1 aliphatic rings. The Morgan fingerprint density at radius 2 is 2.39 bits per heavy atom. The summed E-state index contributed by atoms with van der Waals surface area (Å²) in [6.45, 7) is 5.59. The largest absolute Gasteiger partial charge is 0.329 e. The molecule has 0 aliphatic carbocycles. The molecule has 3 rings (SSSR count). The molecule has 2 amide bonds. The van der Waals surface area contributed by atoms with E-state index in [2.05, 4.69) is 21.6 Å². The van der Waals surface area contributed by atoms with Gasteiger partial charge in [-0.2, -0.15) is 5.10 Å². The second-order valence-electron chi connectivity index (χ2n) is 6.33. The van der Waals surface area contributed by atoms with Gasteiger partial charge in [0.15, 0.2) is 0 Å². The van der Waals surface area contributed by atoms with Gasteiger partial charge in [-0.25, -0.2) is 9.78 Å². The zero-order valence-corrected chi connectivity index (χ0v) is 14.6. The number of aryl methyl sites for hydroxylation is 2. The number of carbonyl (C=O) groups is 1. The number of carbonyl (C=O) groups excluding carboxylic acids is 1. The van der Waals surface area contributed by atoms with Crippen molar-refractivity contribution in [1.29, 1.82) is 0 Å². The molecule has 2 aromatic heterocycles. The Bertz CT molecular complexity index is 680. The minimum Gasteiger partial charge on any atom is -0.329 e. The first kappa shape index (κ1) is 16.0. The Labute approximate surface area is 140 Å². The van der Waals surface area contributed by atoms with E-state index in [0.29, 0.717) is 5.92 Å². The highest BCUT2D eigenvalue weighted by molar-refractivity contribution is 7.09. The summed E-state index contributed by atoms with van der Waals surface area (Å²) in [6.07, 6.45) is 6.00. The van der Waals surface area contributed by atoms with Crippen molar-refractivity contribution in [1.82, 2.24) is 25.0 Å². The molecule has 0 saturated carbocycles. The lowest BCUT2D eigenvalue weighted by molar-refractivity contribution is 0.203. The molecule has 6 nitrogen and oxygen atoms in total. The second-order valence-corrected chi connectivity index (χ2v) is 7.22. The quantitative estimate of drug-likeness (QED) is 0.935. The zero-order valence-electron chi connectivity index (χ0n) is 13.8. The monoisotopic (exact) mass is 333 g/mol. The van der Waals surface area contributed by atoms with E-state index in [1.807, 2.05) is 42.1 Å². The maximum absolute atomic E-state index is 12.4. The van der Waals surface area contributed by atoms with E-state index in [9.17, 15) is 4.79 Å². The molecular weight excluding hydrogens is 310 g/mol. The van der Waals surface area contributed by atoms with Crippen molar-refractivity contribution in [2.75, 3.05) is 13.1 Å². The molecular formula is C16H23N5OS. The Hall–Kier alpha value is -1.89. The summed E-state index contributed by atoms with van der Waals surface area (Å²) in [7, 11) is 1.93. The van der Waals surface area contributed by atoms with Crippen LogP contribution in [0.3, 0.4) is 0 Å². The van der Waals surface area contributed by atoms with E-state index < -0.39 is 0 Å². The third kappa shape index (κ3) is 3.90. The predicted octanol–water partition coefficient (Wildman–Crippen LogP) is 2.52. The highest BCUT2D eigenvalue weighted by Gasteiger charge is 2.27. The number of hydrogen-bond donors (Lipinski definition) is 1. The molecule has 23 heavy (non-hydrogen) atoms. The first-order valence-corrected chi connectivity index (χ1v) is 8.84. The van der Waals surface area contributed by atoms with Gasteiger partial charge in [0.25, 0.3) is 0 Å². The predicted molar refractivity (Wildman–Crippen MR) is 90.4 cm³/mol. The molecule has 7 heteroatoms. The fourth-order valence-corrected chi connectivity index (χ4v) is 3.81. The van der Waals surface area contributed by atoms with Crippen molar-refractivity contribution in [2.45, 2.75) is 32.7 Å². The molecule has 2 atom stereocenters. The lowest BCUT2D eigenvalue weighted by Gasteiger charge is -2.20. The number of likely N-dealkylation sites (tertiary alicyclic amines) is 1. The molecule has 0 bridgehead atoms. The average Bonchev–Trinajstić information content (AvgIpc) is 3.21. The van der Waals surface area contributed by atoms with E-state index in [-0.39, 0.29) is 12.1 Å². The molecule has 3 heterocycles. The van der Waals surface area contributed by atoms with Crippen LogP contribution in [0.4, 0.5) is 4.79 Å². The van der Waals surface area contributed by atoms with Crippen molar-refractivity contribution >= 4 is 17.4 Å². The van der Waals surface area contributed by atoms with Gasteiger partial charge in [0.05, 0.1) is 12.2 Å². The number of thiazole rings is 1. The third-order valence-corrected chi connectivity index (χ3v) is 5.35. The van der Waals surface area contributed by atoms with Crippen molar-refractivity contribution < 1.29 is 4.79 Å². The molecule has 1 N–H and O–H groups in total. The number of urea groups is 1. The van der Waals surface area contributed by atoms with Crippen molar-refractivity contribution in [3.8, 4) is 0 Å². The van der Waals surface area contributed by atoms with Crippen molar-refractivity contribution in [3.05, 3.63) is 34.0 Å². The maximum atomic E-state index is 12.4. The number of aromatic nitrogens is 3. The minimum atomic E-state index is -0.0430. The number of nitrogens with zero attached hydrogens (tertiary/aromatic N) is 4. The molecule has 1 fully saturated rings. The molecule has 0 radical (unpaired) electrons. The summed E-state index contributed by atoms with van der Waals surface area (Å²) in [6, 6.07) is -0.0300. The van der Waals surface area contributed by atoms with Gasteiger partial charge in [-0.05, 0) is 38.2 Å². The third-order valence-electron chi connectivity index (χ3n) is 4.20. The average molecular weight is 333 g/mol.